The van der Waals surface area contributed by atoms with Crippen molar-refractivity contribution in [2.45, 2.75) is 58.2 Å². The van der Waals surface area contributed by atoms with E-state index in [9.17, 15) is 0 Å². The summed E-state index contributed by atoms with van der Waals surface area (Å²) in [5, 5.41) is 5.05. The third-order valence-electron chi connectivity index (χ3n) is 9.01. The van der Waals surface area contributed by atoms with Crippen LogP contribution in [0.15, 0.2) is 66.9 Å². The van der Waals surface area contributed by atoms with E-state index in [2.05, 4.69) is 103 Å². The van der Waals surface area contributed by atoms with Crippen LogP contribution >= 0.6 is 23.8 Å². The topological polar surface area (TPSA) is 34.6 Å². The molecule has 0 radical (unpaired) electrons. The molecule has 0 bridgehead atoms. The Morgan fingerprint density at radius 2 is 1.77 bits per heavy atom. The van der Waals surface area contributed by atoms with E-state index in [-0.39, 0.29) is 17.6 Å². The van der Waals surface area contributed by atoms with Crippen molar-refractivity contribution in [2.75, 3.05) is 34.8 Å². The first kappa shape index (κ1) is 27.1. The quantitative estimate of drug-likeness (QED) is 0.322. The first-order valence-electron chi connectivity index (χ1n) is 14.3. The lowest BCUT2D eigenvalue weighted by Gasteiger charge is -2.41. The highest BCUT2D eigenvalue weighted by Gasteiger charge is 2.41. The number of anilines is 3. The van der Waals surface area contributed by atoms with Crippen molar-refractivity contribution in [3.8, 4) is 0 Å². The minimum Gasteiger partial charge on any atom is -0.370 e. The summed E-state index contributed by atoms with van der Waals surface area (Å²) in [6, 6.07) is 19.1. The largest absolute Gasteiger partial charge is 0.370 e. The second-order valence-electron chi connectivity index (χ2n) is 12.1. The van der Waals surface area contributed by atoms with Gasteiger partial charge in [-0.3, -0.25) is 4.98 Å². The minimum atomic E-state index is -0.101. The number of likely N-dealkylation sites (N-methyl/N-ethyl adjacent to an activating group) is 1. The molecule has 7 heteroatoms. The highest BCUT2D eigenvalue weighted by Crippen LogP contribution is 2.46. The lowest BCUT2D eigenvalue weighted by molar-refractivity contribution is 0.438. The van der Waals surface area contributed by atoms with Crippen LogP contribution in [0.2, 0.25) is 5.02 Å². The fourth-order valence-electron chi connectivity index (χ4n) is 6.48. The zero-order valence-corrected chi connectivity index (χ0v) is 25.6. The third-order valence-corrected chi connectivity index (χ3v) is 9.63. The maximum atomic E-state index is 6.97. The number of rotatable bonds is 4. The van der Waals surface area contributed by atoms with Gasteiger partial charge in [-0.2, -0.15) is 0 Å². The molecule has 3 aromatic rings. The zero-order chi connectivity index (χ0) is 28.2. The number of nitrogens with one attached hydrogen (secondary N) is 1. The van der Waals surface area contributed by atoms with Crippen LogP contribution in [-0.2, 0) is 0 Å². The Morgan fingerprint density at radius 3 is 2.48 bits per heavy atom. The van der Waals surface area contributed by atoms with Gasteiger partial charge in [-0.15, -0.1) is 0 Å². The zero-order valence-electron chi connectivity index (χ0n) is 24.0. The monoisotopic (exact) mass is 571 g/mol. The van der Waals surface area contributed by atoms with Crippen LogP contribution in [0, 0.1) is 5.92 Å². The number of hydrogen-bond acceptors (Lipinski definition) is 4. The van der Waals surface area contributed by atoms with Gasteiger partial charge in [-0.05, 0) is 105 Å². The highest BCUT2D eigenvalue weighted by molar-refractivity contribution is 7.80. The van der Waals surface area contributed by atoms with Crippen molar-refractivity contribution in [1.29, 1.82) is 0 Å². The Labute approximate surface area is 248 Å². The average molecular weight is 572 g/mol. The molecule has 2 aromatic carbocycles. The SMILES string of the molecule is CC1=CC(C)(C)N(C)c2ccc([C@@H]3[C@H](c4ccccn4)NC(=S)N3c3ccc(N4CCC(C)CC4)c(Cl)c3)cc21. The molecular formula is C33H38ClN5S. The second-order valence-corrected chi connectivity index (χ2v) is 12.9. The van der Waals surface area contributed by atoms with E-state index in [1.54, 1.807) is 0 Å². The molecule has 6 rings (SSSR count). The van der Waals surface area contributed by atoms with Crippen LogP contribution < -0.4 is 20.0 Å². The van der Waals surface area contributed by atoms with Crippen molar-refractivity contribution in [1.82, 2.24) is 10.3 Å². The standard InChI is InChI=1S/C33H38ClN5S/c1-21-13-16-38(17-14-21)29-12-10-24(19-26(29)34)39-31(30(36-32(39)40)27-8-6-7-15-35-27)23-9-11-28-25(18-23)22(2)20-33(3,4)37(28)5/h6-12,15,18-21,30-31H,13-14,16-17H2,1-5H3,(H,36,40)/t30-,31+/m0/s1. The average Bonchev–Trinajstić information content (AvgIpc) is 3.29. The number of allylic oxidation sites excluding steroid dienone is 1. The van der Waals surface area contributed by atoms with E-state index in [1.165, 1.54) is 35.2 Å². The number of thiocarbonyl (C=S) groups is 1. The molecule has 0 spiro atoms. The van der Waals surface area contributed by atoms with Crippen molar-refractivity contribution < 1.29 is 0 Å². The summed E-state index contributed by atoms with van der Waals surface area (Å²) in [6.07, 6.45) is 6.60. The molecule has 5 nitrogen and oxygen atoms in total. The number of benzene rings is 2. The van der Waals surface area contributed by atoms with Gasteiger partial charge in [0.15, 0.2) is 5.11 Å². The molecule has 2 atom stereocenters. The maximum Gasteiger partial charge on any atom is 0.174 e. The van der Waals surface area contributed by atoms with E-state index >= 15 is 0 Å². The summed E-state index contributed by atoms with van der Waals surface area (Å²) in [5.74, 6) is 0.771. The number of hydrogen-bond donors (Lipinski definition) is 1. The van der Waals surface area contributed by atoms with E-state index in [1.807, 2.05) is 18.3 Å². The van der Waals surface area contributed by atoms with Gasteiger partial charge in [-0.1, -0.05) is 36.7 Å². The van der Waals surface area contributed by atoms with Gasteiger partial charge < -0.3 is 20.0 Å². The number of fused-ring (bicyclic) bond motifs is 1. The summed E-state index contributed by atoms with van der Waals surface area (Å²) >= 11 is 13.0. The van der Waals surface area contributed by atoms with Crippen molar-refractivity contribution in [2.24, 2.45) is 5.92 Å². The van der Waals surface area contributed by atoms with Crippen molar-refractivity contribution >= 4 is 51.6 Å². The number of piperidine rings is 1. The van der Waals surface area contributed by atoms with E-state index in [0.717, 1.165) is 41.1 Å². The van der Waals surface area contributed by atoms with Gasteiger partial charge in [0.05, 0.1) is 34.0 Å². The second kappa shape index (κ2) is 10.4. The number of pyridine rings is 1. The smallest absolute Gasteiger partial charge is 0.174 e. The van der Waals surface area contributed by atoms with Gasteiger partial charge in [0.2, 0.25) is 0 Å². The van der Waals surface area contributed by atoms with Crippen LogP contribution in [0.1, 0.15) is 69.4 Å². The summed E-state index contributed by atoms with van der Waals surface area (Å²) in [4.78, 5) is 11.7. The van der Waals surface area contributed by atoms with E-state index < -0.39 is 0 Å². The summed E-state index contributed by atoms with van der Waals surface area (Å²) in [5.41, 5.74) is 7.99. The summed E-state index contributed by atoms with van der Waals surface area (Å²) < 4.78 is 0. The summed E-state index contributed by atoms with van der Waals surface area (Å²) in [7, 11) is 2.17. The van der Waals surface area contributed by atoms with E-state index in [0.29, 0.717) is 5.11 Å². The predicted molar refractivity (Wildman–Crippen MR) is 173 cm³/mol. The predicted octanol–water partition coefficient (Wildman–Crippen LogP) is 7.78. The van der Waals surface area contributed by atoms with Gasteiger partial charge in [0.25, 0.3) is 0 Å². The molecule has 2 saturated heterocycles. The molecule has 40 heavy (non-hydrogen) atoms. The number of nitrogens with zero attached hydrogens (tertiary/aromatic N) is 4. The van der Waals surface area contributed by atoms with Gasteiger partial charge in [-0.25, -0.2) is 0 Å². The Bertz CT molecular complexity index is 1460. The normalized spacial score (nSPS) is 22.7. The fraction of sp³-hybridized carbons (Fsp3) is 0.394. The maximum absolute atomic E-state index is 6.97. The molecule has 1 aromatic heterocycles. The molecule has 0 amide bonds. The molecule has 208 valence electrons. The Balaban J connectivity index is 1.42. The first-order valence-corrected chi connectivity index (χ1v) is 15.1. The fourth-order valence-corrected chi connectivity index (χ4v) is 7.12. The number of aromatic nitrogens is 1. The van der Waals surface area contributed by atoms with Crippen LogP contribution in [0.5, 0.6) is 0 Å². The molecule has 0 aliphatic carbocycles. The Morgan fingerprint density at radius 1 is 1.02 bits per heavy atom. The van der Waals surface area contributed by atoms with Crippen LogP contribution in [0.4, 0.5) is 17.1 Å². The minimum absolute atomic E-state index is 0.0392. The van der Waals surface area contributed by atoms with Gasteiger partial charge in [0, 0.05) is 43.3 Å². The first-order chi connectivity index (χ1) is 19.1. The van der Waals surface area contributed by atoms with Crippen molar-refractivity contribution in [3.05, 3.63) is 88.7 Å². The molecule has 4 heterocycles. The summed E-state index contributed by atoms with van der Waals surface area (Å²) in [6.45, 7) is 11.1. The molecule has 1 N–H and O–H groups in total. The van der Waals surface area contributed by atoms with Gasteiger partial charge >= 0.3 is 0 Å². The third kappa shape index (κ3) is 4.75. The lowest BCUT2D eigenvalue weighted by Crippen LogP contribution is -2.42. The number of halogens is 1. The van der Waals surface area contributed by atoms with Crippen LogP contribution in [-0.4, -0.2) is 35.8 Å². The van der Waals surface area contributed by atoms with Crippen LogP contribution in [0.3, 0.4) is 0 Å². The molecule has 0 saturated carbocycles. The van der Waals surface area contributed by atoms with E-state index in [4.69, 9.17) is 28.8 Å². The lowest BCUT2D eigenvalue weighted by atomic mass is 9.86. The van der Waals surface area contributed by atoms with Crippen LogP contribution in [0.25, 0.3) is 5.57 Å². The molecule has 3 aliphatic heterocycles. The Kier molecular flexibility index (Phi) is 7.04. The highest BCUT2D eigenvalue weighted by atomic mass is 35.5. The molecule has 3 aliphatic rings. The van der Waals surface area contributed by atoms with Crippen molar-refractivity contribution in [3.63, 3.8) is 0 Å². The van der Waals surface area contributed by atoms with Gasteiger partial charge in [0.1, 0.15) is 0 Å². The molecular weight excluding hydrogens is 534 g/mol. The molecule has 2 fully saturated rings. The Hall–Kier alpha value is -3.09. The molecule has 0 unspecified atom stereocenters.